The summed E-state index contributed by atoms with van der Waals surface area (Å²) < 4.78 is 27.4. The highest BCUT2D eigenvalue weighted by atomic mass is 32.2. The monoisotopic (exact) mass is 304 g/mol. The van der Waals surface area contributed by atoms with Crippen molar-refractivity contribution in [2.45, 2.75) is 23.3 Å². The molecule has 1 heterocycles. The predicted octanol–water partition coefficient (Wildman–Crippen LogP) is 0.825. The summed E-state index contributed by atoms with van der Waals surface area (Å²) >= 11 is 0. The Morgan fingerprint density at radius 2 is 1.95 bits per heavy atom. The van der Waals surface area contributed by atoms with Gasteiger partial charge in [-0.25, -0.2) is 8.42 Å². The number of hydrogen-bond acceptors (Lipinski definition) is 5. The van der Waals surface area contributed by atoms with Crippen LogP contribution in [0.4, 0.5) is 0 Å². The average Bonchev–Trinajstić information content (AvgIpc) is 2.50. The summed E-state index contributed by atoms with van der Waals surface area (Å²) in [6, 6.07) is 9.80. The second-order valence-electron chi connectivity index (χ2n) is 5.24. The van der Waals surface area contributed by atoms with E-state index in [0.29, 0.717) is 25.9 Å². The van der Waals surface area contributed by atoms with Gasteiger partial charge in [-0.05, 0) is 38.1 Å². The molecular weight excluding hydrogens is 288 g/mol. The molecule has 1 aliphatic rings. The first kappa shape index (κ1) is 15.5. The SMILES string of the molecule is CN1CCC(C#N)(NS(=O)(=O)c2cccc(C#N)c2)CC1. The molecule has 0 amide bonds. The van der Waals surface area contributed by atoms with E-state index < -0.39 is 15.6 Å². The number of likely N-dealkylation sites (tertiary alicyclic amines) is 1. The lowest BCUT2D eigenvalue weighted by atomic mass is 9.91. The summed E-state index contributed by atoms with van der Waals surface area (Å²) in [5, 5.41) is 18.2. The molecule has 1 aromatic rings. The second kappa shape index (κ2) is 5.82. The Bertz CT molecular complexity index is 707. The van der Waals surface area contributed by atoms with Gasteiger partial charge in [-0.1, -0.05) is 6.07 Å². The van der Waals surface area contributed by atoms with Gasteiger partial charge in [-0.2, -0.15) is 15.2 Å². The lowest BCUT2D eigenvalue weighted by Crippen LogP contribution is -2.53. The lowest BCUT2D eigenvalue weighted by Gasteiger charge is -2.35. The molecule has 0 saturated carbocycles. The first-order chi connectivity index (χ1) is 9.91. The molecule has 21 heavy (non-hydrogen) atoms. The highest BCUT2D eigenvalue weighted by molar-refractivity contribution is 7.89. The van der Waals surface area contributed by atoms with Gasteiger partial charge in [0.1, 0.15) is 5.54 Å². The molecule has 7 heteroatoms. The van der Waals surface area contributed by atoms with Crippen LogP contribution in [0.3, 0.4) is 0 Å². The van der Waals surface area contributed by atoms with Crippen molar-refractivity contribution in [3.05, 3.63) is 29.8 Å². The van der Waals surface area contributed by atoms with Gasteiger partial charge >= 0.3 is 0 Å². The zero-order valence-electron chi connectivity index (χ0n) is 11.7. The van der Waals surface area contributed by atoms with Gasteiger partial charge in [-0.3, -0.25) is 0 Å². The molecule has 0 atom stereocenters. The molecule has 1 N–H and O–H groups in total. The fraction of sp³-hybridized carbons (Fsp3) is 0.429. The first-order valence-electron chi connectivity index (χ1n) is 6.55. The van der Waals surface area contributed by atoms with Crippen LogP contribution in [0.1, 0.15) is 18.4 Å². The number of nitrogens with zero attached hydrogens (tertiary/aromatic N) is 3. The highest BCUT2D eigenvalue weighted by Crippen LogP contribution is 2.24. The molecule has 2 rings (SSSR count). The van der Waals surface area contributed by atoms with E-state index >= 15 is 0 Å². The zero-order valence-corrected chi connectivity index (χ0v) is 12.5. The van der Waals surface area contributed by atoms with Gasteiger partial charge in [0.05, 0.1) is 22.6 Å². The molecule has 0 aliphatic carbocycles. The maximum atomic E-state index is 12.4. The minimum Gasteiger partial charge on any atom is -0.306 e. The quantitative estimate of drug-likeness (QED) is 0.892. The molecule has 0 radical (unpaired) electrons. The standard InChI is InChI=1S/C14H16N4O2S/c1-18-7-5-14(11-16,6-8-18)17-21(19,20)13-4-2-3-12(9-13)10-15/h2-4,9,17H,5-8H2,1H3. The van der Waals surface area contributed by atoms with Crippen molar-refractivity contribution in [3.8, 4) is 12.1 Å². The van der Waals surface area contributed by atoms with E-state index in [1.165, 1.54) is 24.3 Å². The largest absolute Gasteiger partial charge is 0.306 e. The Morgan fingerprint density at radius 3 is 2.52 bits per heavy atom. The highest BCUT2D eigenvalue weighted by Gasteiger charge is 2.38. The second-order valence-corrected chi connectivity index (χ2v) is 6.92. The lowest BCUT2D eigenvalue weighted by molar-refractivity contribution is 0.213. The Hall–Kier alpha value is -1.93. The van der Waals surface area contributed by atoms with Crippen molar-refractivity contribution in [3.63, 3.8) is 0 Å². The van der Waals surface area contributed by atoms with Crippen LogP contribution in [0, 0.1) is 22.7 Å². The molecule has 1 aromatic carbocycles. The van der Waals surface area contributed by atoms with Crippen LogP contribution in [0.25, 0.3) is 0 Å². The number of sulfonamides is 1. The topological polar surface area (TPSA) is 97.0 Å². The van der Waals surface area contributed by atoms with E-state index in [0.717, 1.165) is 0 Å². The third-order valence-electron chi connectivity index (χ3n) is 3.66. The van der Waals surface area contributed by atoms with Crippen molar-refractivity contribution >= 4 is 10.0 Å². The van der Waals surface area contributed by atoms with Crippen LogP contribution >= 0.6 is 0 Å². The number of hydrogen-bond donors (Lipinski definition) is 1. The molecular formula is C14H16N4O2S. The number of benzene rings is 1. The van der Waals surface area contributed by atoms with Crippen molar-refractivity contribution in [1.82, 2.24) is 9.62 Å². The van der Waals surface area contributed by atoms with Crippen LogP contribution in [-0.2, 0) is 10.0 Å². The third kappa shape index (κ3) is 3.40. The summed E-state index contributed by atoms with van der Waals surface area (Å²) in [7, 11) is -1.89. The van der Waals surface area contributed by atoms with Crippen molar-refractivity contribution in [2.24, 2.45) is 0 Å². The van der Waals surface area contributed by atoms with Crippen LogP contribution in [-0.4, -0.2) is 39.0 Å². The van der Waals surface area contributed by atoms with Gasteiger partial charge in [0.2, 0.25) is 10.0 Å². The first-order valence-corrected chi connectivity index (χ1v) is 8.03. The number of piperidine rings is 1. The molecule has 0 aromatic heterocycles. The maximum absolute atomic E-state index is 12.4. The molecule has 0 spiro atoms. The summed E-state index contributed by atoms with van der Waals surface area (Å²) in [5.41, 5.74) is -0.805. The maximum Gasteiger partial charge on any atom is 0.241 e. The van der Waals surface area contributed by atoms with Gasteiger partial charge < -0.3 is 4.90 Å². The van der Waals surface area contributed by atoms with Gasteiger partial charge in [0, 0.05) is 13.1 Å². The van der Waals surface area contributed by atoms with Crippen LogP contribution < -0.4 is 4.72 Å². The number of nitrogens with one attached hydrogen (secondary N) is 1. The summed E-state index contributed by atoms with van der Waals surface area (Å²) in [5.74, 6) is 0. The van der Waals surface area contributed by atoms with Crippen molar-refractivity contribution < 1.29 is 8.42 Å². The van der Waals surface area contributed by atoms with E-state index in [1.54, 1.807) is 0 Å². The fourth-order valence-corrected chi connectivity index (χ4v) is 3.71. The number of nitriles is 2. The molecule has 1 aliphatic heterocycles. The predicted molar refractivity (Wildman–Crippen MR) is 76.6 cm³/mol. The zero-order chi connectivity index (χ0) is 15.5. The minimum atomic E-state index is -3.82. The Kier molecular flexibility index (Phi) is 4.29. The van der Waals surface area contributed by atoms with E-state index in [-0.39, 0.29) is 10.5 Å². The summed E-state index contributed by atoms with van der Waals surface area (Å²) in [4.78, 5) is 2.07. The van der Waals surface area contributed by atoms with Crippen molar-refractivity contribution in [2.75, 3.05) is 20.1 Å². The van der Waals surface area contributed by atoms with Gasteiger partial charge in [0.15, 0.2) is 0 Å². The van der Waals surface area contributed by atoms with E-state index in [4.69, 9.17) is 5.26 Å². The van der Waals surface area contributed by atoms with E-state index in [9.17, 15) is 13.7 Å². The Labute approximate surface area is 124 Å². The molecule has 1 saturated heterocycles. The van der Waals surface area contributed by atoms with Gasteiger partial charge in [0.25, 0.3) is 0 Å². The molecule has 110 valence electrons. The van der Waals surface area contributed by atoms with Crippen LogP contribution in [0.15, 0.2) is 29.2 Å². The fourth-order valence-electron chi connectivity index (χ4n) is 2.29. The molecule has 1 fully saturated rings. The van der Waals surface area contributed by atoms with E-state index in [1.807, 2.05) is 13.1 Å². The molecule has 0 unspecified atom stereocenters. The summed E-state index contributed by atoms with van der Waals surface area (Å²) in [6.45, 7) is 1.32. The third-order valence-corrected chi connectivity index (χ3v) is 5.19. The van der Waals surface area contributed by atoms with Crippen LogP contribution in [0.5, 0.6) is 0 Å². The normalized spacial score (nSPS) is 18.6. The van der Waals surface area contributed by atoms with Crippen molar-refractivity contribution in [1.29, 1.82) is 10.5 Å². The van der Waals surface area contributed by atoms with Gasteiger partial charge in [-0.15, -0.1) is 0 Å². The van der Waals surface area contributed by atoms with Crippen LogP contribution in [0.2, 0.25) is 0 Å². The Morgan fingerprint density at radius 1 is 1.29 bits per heavy atom. The van der Waals surface area contributed by atoms with E-state index in [2.05, 4.69) is 15.7 Å². The summed E-state index contributed by atoms with van der Waals surface area (Å²) in [6.07, 6.45) is 0.883. The number of rotatable bonds is 3. The minimum absolute atomic E-state index is 0.00935. The molecule has 6 nitrogen and oxygen atoms in total. The molecule has 0 bridgehead atoms. The Balaban J connectivity index is 2.28. The smallest absolute Gasteiger partial charge is 0.241 e. The average molecular weight is 304 g/mol.